The molecule has 0 spiro atoms. The average Bonchev–Trinajstić information content (AvgIpc) is 2.43. The Bertz CT molecular complexity index is 602. The smallest absolute Gasteiger partial charge is 0.212 e. The number of aromatic nitrogens is 3. The highest BCUT2D eigenvalue weighted by atomic mass is 79.9. The summed E-state index contributed by atoms with van der Waals surface area (Å²) in [6.07, 6.45) is 2.34. The minimum absolute atomic E-state index is 0.276. The second-order valence-electron chi connectivity index (χ2n) is 4.67. The van der Waals surface area contributed by atoms with E-state index in [-0.39, 0.29) is 5.92 Å². The largest absolute Gasteiger partial charge is 0.481 e. The van der Waals surface area contributed by atoms with Crippen LogP contribution in [0.1, 0.15) is 36.8 Å². The fourth-order valence-corrected chi connectivity index (χ4v) is 2.59. The fraction of sp³-hybridized carbons (Fsp3) is 0.357. The van der Waals surface area contributed by atoms with Crippen LogP contribution in [0, 0.1) is 0 Å². The number of ether oxygens (including phenoxy) is 1. The van der Waals surface area contributed by atoms with E-state index in [0.29, 0.717) is 23.3 Å². The van der Waals surface area contributed by atoms with Crippen molar-refractivity contribution in [3.63, 3.8) is 0 Å². The number of hydrogen-bond donors (Lipinski definition) is 0. The second kappa shape index (κ2) is 6.50. The van der Waals surface area contributed by atoms with Crippen molar-refractivity contribution in [2.24, 2.45) is 0 Å². The summed E-state index contributed by atoms with van der Waals surface area (Å²) >= 11 is 9.58. The molecule has 2 aromatic heterocycles. The molecule has 0 aliphatic heterocycles. The van der Waals surface area contributed by atoms with Gasteiger partial charge in [-0.05, 0) is 27.4 Å². The lowest BCUT2D eigenvalue weighted by Gasteiger charge is -2.11. The summed E-state index contributed by atoms with van der Waals surface area (Å²) in [5.74, 6) is 1.55. The van der Waals surface area contributed by atoms with E-state index in [1.807, 2.05) is 12.1 Å². The third-order valence-corrected chi connectivity index (χ3v) is 4.08. The number of halogens is 2. The molecule has 2 aromatic rings. The molecule has 2 rings (SSSR count). The molecule has 0 radical (unpaired) electrons. The maximum atomic E-state index is 6.14. The molecule has 0 aliphatic rings. The Morgan fingerprint density at radius 3 is 2.60 bits per heavy atom. The van der Waals surface area contributed by atoms with Crippen molar-refractivity contribution in [1.82, 2.24) is 15.0 Å². The lowest BCUT2D eigenvalue weighted by atomic mass is 10.1. The van der Waals surface area contributed by atoms with Crippen molar-refractivity contribution in [3.05, 3.63) is 45.0 Å². The third-order valence-electron chi connectivity index (χ3n) is 2.80. The zero-order valence-corrected chi connectivity index (χ0v) is 13.9. The summed E-state index contributed by atoms with van der Waals surface area (Å²) in [5.41, 5.74) is 1.93. The fourth-order valence-electron chi connectivity index (χ4n) is 1.76. The molecule has 6 heteroatoms. The van der Waals surface area contributed by atoms with Crippen LogP contribution in [0.3, 0.4) is 0 Å². The van der Waals surface area contributed by atoms with Crippen LogP contribution in [0.2, 0.25) is 5.15 Å². The molecule has 0 saturated carbocycles. The van der Waals surface area contributed by atoms with E-state index in [4.69, 9.17) is 16.3 Å². The Labute approximate surface area is 131 Å². The Morgan fingerprint density at radius 1 is 1.30 bits per heavy atom. The first-order valence-electron chi connectivity index (χ1n) is 6.22. The summed E-state index contributed by atoms with van der Waals surface area (Å²) in [5, 5.41) is 0.445. The number of nitrogens with zero attached hydrogens (tertiary/aromatic N) is 3. The molecule has 4 nitrogen and oxygen atoms in total. The van der Waals surface area contributed by atoms with Crippen molar-refractivity contribution in [2.75, 3.05) is 7.11 Å². The summed E-state index contributed by atoms with van der Waals surface area (Å²) in [7, 11) is 1.59. The number of rotatable bonds is 4. The minimum atomic E-state index is 0.276. The first-order valence-corrected chi connectivity index (χ1v) is 7.39. The highest BCUT2D eigenvalue weighted by molar-refractivity contribution is 9.10. The van der Waals surface area contributed by atoms with Crippen LogP contribution in [0.15, 0.2) is 22.8 Å². The van der Waals surface area contributed by atoms with Gasteiger partial charge in [0.25, 0.3) is 0 Å². The Hall–Kier alpha value is -1.20. The molecule has 0 N–H and O–H groups in total. The molecule has 0 unspecified atom stereocenters. The van der Waals surface area contributed by atoms with Gasteiger partial charge in [-0.15, -0.1) is 0 Å². The van der Waals surface area contributed by atoms with Crippen molar-refractivity contribution in [2.45, 2.75) is 26.2 Å². The molecule has 0 aromatic carbocycles. The SMILES string of the molecule is COc1ccc(Cc2nc(Cl)c(Br)c(C(C)C)n2)cn1. The molecular weight excluding hydrogens is 342 g/mol. The summed E-state index contributed by atoms with van der Waals surface area (Å²) < 4.78 is 5.80. The maximum Gasteiger partial charge on any atom is 0.212 e. The van der Waals surface area contributed by atoms with Crippen molar-refractivity contribution >= 4 is 27.5 Å². The highest BCUT2D eigenvalue weighted by Crippen LogP contribution is 2.28. The van der Waals surface area contributed by atoms with Gasteiger partial charge in [0, 0.05) is 18.7 Å². The number of hydrogen-bond acceptors (Lipinski definition) is 4. The van der Waals surface area contributed by atoms with Gasteiger partial charge >= 0.3 is 0 Å². The van der Waals surface area contributed by atoms with Crippen LogP contribution in [0.25, 0.3) is 0 Å². The van der Waals surface area contributed by atoms with E-state index < -0.39 is 0 Å². The van der Waals surface area contributed by atoms with Gasteiger partial charge in [-0.25, -0.2) is 15.0 Å². The first-order chi connectivity index (χ1) is 9.51. The predicted octanol–water partition coefficient (Wildman–Crippen LogP) is 4.01. The normalized spacial score (nSPS) is 10.9. The first kappa shape index (κ1) is 15.2. The molecule has 0 fully saturated rings. The Kier molecular flexibility index (Phi) is 4.94. The van der Waals surface area contributed by atoms with Gasteiger partial charge in [0.05, 0.1) is 17.3 Å². The molecule has 2 heterocycles. The van der Waals surface area contributed by atoms with E-state index in [9.17, 15) is 0 Å². The van der Waals surface area contributed by atoms with E-state index in [1.54, 1.807) is 13.3 Å². The van der Waals surface area contributed by atoms with Gasteiger partial charge in [0.15, 0.2) is 0 Å². The minimum Gasteiger partial charge on any atom is -0.481 e. The molecule has 106 valence electrons. The van der Waals surface area contributed by atoms with Crippen LogP contribution in [0.4, 0.5) is 0 Å². The van der Waals surface area contributed by atoms with Crippen LogP contribution < -0.4 is 4.74 Å². The molecule has 0 amide bonds. The highest BCUT2D eigenvalue weighted by Gasteiger charge is 2.14. The van der Waals surface area contributed by atoms with Crippen LogP contribution in [-0.2, 0) is 6.42 Å². The van der Waals surface area contributed by atoms with Crippen molar-refractivity contribution in [3.8, 4) is 5.88 Å². The number of pyridine rings is 1. The van der Waals surface area contributed by atoms with Crippen LogP contribution in [0.5, 0.6) is 5.88 Å². The van der Waals surface area contributed by atoms with Gasteiger partial charge in [-0.1, -0.05) is 31.5 Å². The van der Waals surface area contributed by atoms with Crippen LogP contribution in [-0.4, -0.2) is 22.1 Å². The topological polar surface area (TPSA) is 47.9 Å². The Morgan fingerprint density at radius 2 is 2.05 bits per heavy atom. The van der Waals surface area contributed by atoms with Crippen LogP contribution >= 0.6 is 27.5 Å². The predicted molar refractivity (Wildman–Crippen MR) is 82.4 cm³/mol. The second-order valence-corrected chi connectivity index (χ2v) is 5.82. The molecule has 0 saturated heterocycles. The standard InChI is InChI=1S/C14H15BrClN3O/c1-8(2)13-12(15)14(16)19-10(18-13)6-9-4-5-11(20-3)17-7-9/h4-5,7-8H,6H2,1-3H3. The van der Waals surface area contributed by atoms with E-state index >= 15 is 0 Å². The average molecular weight is 357 g/mol. The molecule has 0 aliphatic carbocycles. The lowest BCUT2D eigenvalue weighted by molar-refractivity contribution is 0.397. The molecular formula is C14H15BrClN3O. The lowest BCUT2D eigenvalue weighted by Crippen LogP contribution is -2.04. The van der Waals surface area contributed by atoms with Gasteiger partial charge in [0.1, 0.15) is 11.0 Å². The van der Waals surface area contributed by atoms with Crippen molar-refractivity contribution < 1.29 is 4.74 Å². The zero-order valence-electron chi connectivity index (χ0n) is 11.5. The zero-order chi connectivity index (χ0) is 14.7. The Balaban J connectivity index is 2.28. The molecule has 0 atom stereocenters. The van der Waals surface area contributed by atoms with Crippen molar-refractivity contribution in [1.29, 1.82) is 0 Å². The van der Waals surface area contributed by atoms with Gasteiger partial charge < -0.3 is 4.74 Å². The van der Waals surface area contributed by atoms with Gasteiger partial charge in [-0.2, -0.15) is 0 Å². The monoisotopic (exact) mass is 355 g/mol. The molecule has 0 bridgehead atoms. The molecule has 20 heavy (non-hydrogen) atoms. The summed E-state index contributed by atoms with van der Waals surface area (Å²) in [4.78, 5) is 13.0. The van der Waals surface area contributed by atoms with E-state index in [2.05, 4.69) is 44.7 Å². The van der Waals surface area contributed by atoms with Gasteiger partial charge in [0.2, 0.25) is 5.88 Å². The summed E-state index contributed by atoms with van der Waals surface area (Å²) in [6.45, 7) is 4.14. The summed E-state index contributed by atoms with van der Waals surface area (Å²) in [6, 6.07) is 3.76. The quantitative estimate of drug-likeness (QED) is 0.777. The third kappa shape index (κ3) is 3.46. The van der Waals surface area contributed by atoms with E-state index in [1.165, 1.54) is 0 Å². The maximum absolute atomic E-state index is 6.14. The number of methoxy groups -OCH3 is 1. The van der Waals surface area contributed by atoms with E-state index in [0.717, 1.165) is 15.7 Å². The van der Waals surface area contributed by atoms with Gasteiger partial charge in [-0.3, -0.25) is 0 Å².